The monoisotopic (exact) mass is 342 g/mol. The fourth-order valence-electron chi connectivity index (χ4n) is 2.54. The molecule has 7 heteroatoms. The van der Waals surface area contributed by atoms with Crippen molar-refractivity contribution in [1.29, 1.82) is 0 Å². The molecule has 1 N–H and O–H groups in total. The number of nitrogens with zero attached hydrogens (tertiary/aromatic N) is 3. The van der Waals surface area contributed by atoms with Gasteiger partial charge in [0.15, 0.2) is 0 Å². The minimum absolute atomic E-state index is 0.145. The van der Waals surface area contributed by atoms with Gasteiger partial charge in [0.2, 0.25) is 0 Å². The number of aryl methyl sites for hydroxylation is 1. The molecule has 24 heavy (non-hydrogen) atoms. The minimum Gasteiger partial charge on any atom is -0.316 e. The number of hydrogen-bond acceptors (Lipinski definition) is 5. The molecule has 0 unspecified atom stereocenters. The van der Waals surface area contributed by atoms with Gasteiger partial charge in [0.1, 0.15) is 4.90 Å². The summed E-state index contributed by atoms with van der Waals surface area (Å²) >= 11 is 0. The van der Waals surface area contributed by atoms with Gasteiger partial charge < -0.3 is 5.32 Å². The van der Waals surface area contributed by atoms with E-state index in [1.807, 2.05) is 32.2 Å². The van der Waals surface area contributed by atoms with Crippen LogP contribution in [0.4, 0.5) is 0 Å². The Kier molecular flexibility index (Phi) is 4.46. The lowest BCUT2D eigenvalue weighted by molar-refractivity contribution is 0.587. The zero-order valence-corrected chi connectivity index (χ0v) is 14.3. The summed E-state index contributed by atoms with van der Waals surface area (Å²) in [4.78, 5) is 8.43. The molecule has 0 saturated heterocycles. The molecule has 6 nitrogen and oxygen atoms in total. The molecule has 124 valence electrons. The number of aromatic nitrogens is 3. The quantitative estimate of drug-likeness (QED) is 0.769. The summed E-state index contributed by atoms with van der Waals surface area (Å²) in [5, 5.41) is 3.04. The van der Waals surface area contributed by atoms with Crippen LogP contribution in [-0.2, 0) is 16.6 Å². The second kappa shape index (κ2) is 6.54. The van der Waals surface area contributed by atoms with E-state index < -0.39 is 10.0 Å². The highest BCUT2D eigenvalue weighted by Crippen LogP contribution is 2.27. The molecule has 0 radical (unpaired) electrons. The van der Waals surface area contributed by atoms with Crippen LogP contribution < -0.4 is 5.32 Å². The lowest BCUT2D eigenvalue weighted by atomic mass is 10.1. The Hall–Kier alpha value is -2.51. The summed E-state index contributed by atoms with van der Waals surface area (Å²) in [5.74, 6) is 0. The lowest BCUT2D eigenvalue weighted by Crippen LogP contribution is -2.14. The van der Waals surface area contributed by atoms with Gasteiger partial charge in [-0.1, -0.05) is 6.07 Å². The van der Waals surface area contributed by atoms with E-state index in [0.29, 0.717) is 17.9 Å². The second-order valence-electron chi connectivity index (χ2n) is 5.42. The standard InChI is InChI=1S/C17H18N4O2S/c1-13-5-3-8-20-17(13)16-9-14(10-18-2)12-21(16)24(22,23)15-6-4-7-19-11-15/h3-9,11-12,18H,10H2,1-2H3. The number of nitrogens with one attached hydrogen (secondary N) is 1. The van der Waals surface area contributed by atoms with Crippen molar-refractivity contribution in [2.45, 2.75) is 18.4 Å². The van der Waals surface area contributed by atoms with Crippen molar-refractivity contribution >= 4 is 10.0 Å². The Labute approximate surface area is 141 Å². The highest BCUT2D eigenvalue weighted by molar-refractivity contribution is 7.90. The number of hydrogen-bond donors (Lipinski definition) is 1. The molecular weight excluding hydrogens is 324 g/mol. The first-order valence-corrected chi connectivity index (χ1v) is 8.91. The smallest absolute Gasteiger partial charge is 0.269 e. The van der Waals surface area contributed by atoms with Crippen molar-refractivity contribution in [3.8, 4) is 11.4 Å². The Morgan fingerprint density at radius 1 is 1.21 bits per heavy atom. The van der Waals surface area contributed by atoms with E-state index in [1.165, 1.54) is 16.2 Å². The third kappa shape index (κ3) is 2.95. The van der Waals surface area contributed by atoms with Gasteiger partial charge in [-0.2, -0.15) is 0 Å². The molecule has 0 aliphatic heterocycles. The molecular formula is C17H18N4O2S. The molecule has 0 bridgehead atoms. The van der Waals surface area contributed by atoms with Crippen LogP contribution in [0.3, 0.4) is 0 Å². The van der Waals surface area contributed by atoms with Crippen molar-refractivity contribution in [3.63, 3.8) is 0 Å². The van der Waals surface area contributed by atoms with Crippen LogP contribution >= 0.6 is 0 Å². The van der Waals surface area contributed by atoms with Gasteiger partial charge in [0.25, 0.3) is 10.0 Å². The Morgan fingerprint density at radius 3 is 2.67 bits per heavy atom. The van der Waals surface area contributed by atoms with Crippen LogP contribution in [0.25, 0.3) is 11.4 Å². The van der Waals surface area contributed by atoms with Crippen LogP contribution in [0.15, 0.2) is 60.0 Å². The van der Waals surface area contributed by atoms with Crippen LogP contribution in [0.1, 0.15) is 11.1 Å². The first-order chi connectivity index (χ1) is 11.5. The Bertz CT molecular complexity index is 950. The SMILES string of the molecule is CNCc1cc(-c2ncccc2C)n(S(=O)(=O)c2cccnc2)c1. The summed E-state index contributed by atoms with van der Waals surface area (Å²) in [5.41, 5.74) is 2.97. The summed E-state index contributed by atoms with van der Waals surface area (Å²) in [6.45, 7) is 2.47. The molecule has 3 aromatic heterocycles. The van der Waals surface area contributed by atoms with Gasteiger partial charge in [0.05, 0.1) is 11.4 Å². The summed E-state index contributed by atoms with van der Waals surface area (Å²) in [6, 6.07) is 8.73. The molecule has 0 aromatic carbocycles. The number of rotatable bonds is 5. The third-order valence-electron chi connectivity index (χ3n) is 3.67. The van der Waals surface area contributed by atoms with Gasteiger partial charge in [-0.3, -0.25) is 9.97 Å². The molecule has 0 aliphatic rings. The van der Waals surface area contributed by atoms with Crippen molar-refractivity contribution in [1.82, 2.24) is 19.3 Å². The first kappa shape index (κ1) is 16.4. The normalized spacial score (nSPS) is 11.6. The maximum absolute atomic E-state index is 13.0. The highest BCUT2D eigenvalue weighted by atomic mass is 32.2. The zero-order chi connectivity index (χ0) is 17.2. The molecule has 3 rings (SSSR count). The van der Waals surface area contributed by atoms with Crippen molar-refractivity contribution in [2.75, 3.05) is 7.05 Å². The zero-order valence-electron chi connectivity index (χ0n) is 13.5. The molecule has 3 heterocycles. The van der Waals surface area contributed by atoms with E-state index in [4.69, 9.17) is 0 Å². The third-order valence-corrected chi connectivity index (χ3v) is 5.32. The molecule has 3 aromatic rings. The molecule has 0 atom stereocenters. The Balaban J connectivity index is 2.23. The van der Waals surface area contributed by atoms with Gasteiger partial charge in [0, 0.05) is 31.3 Å². The topological polar surface area (TPSA) is 76.9 Å². The van der Waals surface area contributed by atoms with E-state index in [2.05, 4.69) is 15.3 Å². The van der Waals surface area contributed by atoms with Gasteiger partial charge in [-0.15, -0.1) is 0 Å². The van der Waals surface area contributed by atoms with E-state index in [1.54, 1.807) is 24.7 Å². The maximum atomic E-state index is 13.0. The van der Waals surface area contributed by atoms with E-state index in [-0.39, 0.29) is 4.90 Å². The summed E-state index contributed by atoms with van der Waals surface area (Å²) < 4.78 is 27.3. The van der Waals surface area contributed by atoms with Gasteiger partial charge in [-0.05, 0) is 49.4 Å². The number of pyridine rings is 2. The van der Waals surface area contributed by atoms with Crippen LogP contribution in [0, 0.1) is 6.92 Å². The Morgan fingerprint density at radius 2 is 2.00 bits per heavy atom. The van der Waals surface area contributed by atoms with Gasteiger partial charge in [-0.25, -0.2) is 12.4 Å². The van der Waals surface area contributed by atoms with Crippen LogP contribution in [0.5, 0.6) is 0 Å². The predicted octanol–water partition coefficient (Wildman–Crippen LogP) is 2.21. The van der Waals surface area contributed by atoms with Crippen molar-refractivity contribution in [3.05, 3.63) is 66.2 Å². The van der Waals surface area contributed by atoms with Crippen molar-refractivity contribution < 1.29 is 8.42 Å². The van der Waals surface area contributed by atoms with E-state index >= 15 is 0 Å². The minimum atomic E-state index is -3.75. The molecule has 0 aliphatic carbocycles. The second-order valence-corrected chi connectivity index (χ2v) is 7.24. The van der Waals surface area contributed by atoms with E-state index in [0.717, 1.165) is 11.1 Å². The summed E-state index contributed by atoms with van der Waals surface area (Å²) in [7, 11) is -1.93. The summed E-state index contributed by atoms with van der Waals surface area (Å²) in [6.07, 6.45) is 6.18. The average molecular weight is 342 g/mol. The molecule has 0 fully saturated rings. The molecule has 0 amide bonds. The molecule has 0 spiro atoms. The van der Waals surface area contributed by atoms with Gasteiger partial charge >= 0.3 is 0 Å². The maximum Gasteiger partial charge on any atom is 0.269 e. The average Bonchev–Trinajstić information content (AvgIpc) is 3.01. The first-order valence-electron chi connectivity index (χ1n) is 7.47. The van der Waals surface area contributed by atoms with E-state index in [9.17, 15) is 8.42 Å². The fourth-order valence-corrected chi connectivity index (χ4v) is 3.88. The van der Waals surface area contributed by atoms with Crippen molar-refractivity contribution in [2.24, 2.45) is 0 Å². The molecule has 0 saturated carbocycles. The predicted molar refractivity (Wildman–Crippen MR) is 92.0 cm³/mol. The largest absolute Gasteiger partial charge is 0.316 e. The van der Waals surface area contributed by atoms with Crippen LogP contribution in [0.2, 0.25) is 0 Å². The lowest BCUT2D eigenvalue weighted by Gasteiger charge is -2.11. The highest BCUT2D eigenvalue weighted by Gasteiger charge is 2.23. The fraction of sp³-hybridized carbons (Fsp3) is 0.176. The van der Waals surface area contributed by atoms with Crippen LogP contribution in [-0.4, -0.2) is 29.4 Å².